The zero-order chi connectivity index (χ0) is 12.8. The fourth-order valence-electron chi connectivity index (χ4n) is 1.62. The van der Waals surface area contributed by atoms with E-state index in [2.05, 4.69) is 0 Å². The van der Waals surface area contributed by atoms with Crippen LogP contribution in [0, 0.1) is 0 Å². The molecule has 4 heteroatoms. The van der Waals surface area contributed by atoms with Gasteiger partial charge >= 0.3 is 0 Å². The molecule has 1 rings (SSSR count). The maximum Gasteiger partial charge on any atom is 0.165 e. The van der Waals surface area contributed by atoms with Crippen molar-refractivity contribution in [1.82, 2.24) is 0 Å². The van der Waals surface area contributed by atoms with Crippen molar-refractivity contribution in [3.63, 3.8) is 0 Å². The third-order valence-corrected chi connectivity index (χ3v) is 2.55. The second-order valence-electron chi connectivity index (χ2n) is 3.58. The minimum Gasteiger partial charge on any atom is -0.497 e. The Morgan fingerprint density at radius 1 is 1.12 bits per heavy atom. The summed E-state index contributed by atoms with van der Waals surface area (Å²) < 4.78 is 15.5. The molecule has 0 amide bonds. The zero-order valence-electron chi connectivity index (χ0n) is 10.6. The Labute approximate surface area is 101 Å². The van der Waals surface area contributed by atoms with Crippen LogP contribution in [-0.4, -0.2) is 27.1 Å². The highest BCUT2D eigenvalue weighted by Crippen LogP contribution is 2.28. The average molecular weight is 238 g/mol. The van der Waals surface area contributed by atoms with Crippen LogP contribution in [0.25, 0.3) is 0 Å². The third-order valence-electron chi connectivity index (χ3n) is 2.55. The van der Waals surface area contributed by atoms with Crippen LogP contribution >= 0.6 is 0 Å². The van der Waals surface area contributed by atoms with Gasteiger partial charge in [0.2, 0.25) is 0 Å². The monoisotopic (exact) mass is 238 g/mol. The predicted molar refractivity (Wildman–Crippen MR) is 64.6 cm³/mol. The fraction of sp³-hybridized carbons (Fsp3) is 0.462. The molecule has 0 aliphatic carbocycles. The lowest BCUT2D eigenvalue weighted by Crippen LogP contribution is -2.13. The number of benzene rings is 1. The van der Waals surface area contributed by atoms with Crippen LogP contribution in [0.1, 0.15) is 25.0 Å². The van der Waals surface area contributed by atoms with Crippen LogP contribution in [0.5, 0.6) is 11.5 Å². The summed E-state index contributed by atoms with van der Waals surface area (Å²) in [5.41, 5.74) is 0.746. The van der Waals surface area contributed by atoms with Crippen molar-refractivity contribution in [2.75, 3.05) is 21.3 Å². The largest absolute Gasteiger partial charge is 0.497 e. The summed E-state index contributed by atoms with van der Waals surface area (Å²) in [6, 6.07) is 5.32. The summed E-state index contributed by atoms with van der Waals surface area (Å²) in [5.74, 6) is 1.32. The van der Waals surface area contributed by atoms with Crippen molar-refractivity contribution >= 4 is 5.78 Å². The Morgan fingerprint density at radius 3 is 2.00 bits per heavy atom. The molecule has 0 radical (unpaired) electrons. The molecule has 0 fully saturated rings. The molecular weight excluding hydrogens is 220 g/mol. The van der Waals surface area contributed by atoms with Crippen molar-refractivity contribution < 1.29 is 19.0 Å². The standard InChI is InChI=1S/C13H18O4/c1-5-12(14)13(17-4)9-6-10(15-2)8-11(7-9)16-3/h6-8,13H,5H2,1-4H3. The molecule has 0 saturated carbocycles. The lowest BCUT2D eigenvalue weighted by molar-refractivity contribution is -0.128. The van der Waals surface area contributed by atoms with E-state index in [0.717, 1.165) is 5.56 Å². The zero-order valence-corrected chi connectivity index (χ0v) is 10.6. The fourth-order valence-corrected chi connectivity index (χ4v) is 1.62. The molecule has 0 spiro atoms. The van der Waals surface area contributed by atoms with E-state index in [9.17, 15) is 4.79 Å². The first kappa shape index (κ1) is 13.5. The maximum absolute atomic E-state index is 11.7. The number of methoxy groups -OCH3 is 3. The first-order valence-electron chi connectivity index (χ1n) is 5.44. The van der Waals surface area contributed by atoms with E-state index in [1.807, 2.05) is 6.92 Å². The molecule has 0 aliphatic rings. The second kappa shape index (κ2) is 6.25. The van der Waals surface area contributed by atoms with E-state index < -0.39 is 6.10 Å². The van der Waals surface area contributed by atoms with Gasteiger partial charge < -0.3 is 14.2 Å². The van der Waals surface area contributed by atoms with Gasteiger partial charge in [0.05, 0.1) is 14.2 Å². The molecule has 0 heterocycles. The van der Waals surface area contributed by atoms with Crippen LogP contribution in [0.3, 0.4) is 0 Å². The van der Waals surface area contributed by atoms with Gasteiger partial charge in [-0.3, -0.25) is 4.79 Å². The Kier molecular flexibility index (Phi) is 4.97. The molecule has 4 nitrogen and oxygen atoms in total. The number of rotatable bonds is 6. The molecule has 0 saturated heterocycles. The third kappa shape index (κ3) is 3.20. The number of carbonyl (C=O) groups excluding carboxylic acids is 1. The van der Waals surface area contributed by atoms with Crippen molar-refractivity contribution in [2.45, 2.75) is 19.4 Å². The molecule has 0 N–H and O–H groups in total. The molecular formula is C13H18O4. The summed E-state index contributed by atoms with van der Waals surface area (Å²) in [4.78, 5) is 11.7. The predicted octanol–water partition coefficient (Wildman–Crippen LogP) is 2.37. The summed E-state index contributed by atoms with van der Waals surface area (Å²) >= 11 is 0. The molecule has 1 aromatic carbocycles. The Balaban J connectivity index is 3.13. The molecule has 1 atom stereocenters. The topological polar surface area (TPSA) is 44.8 Å². The van der Waals surface area contributed by atoms with Gasteiger partial charge in [-0.1, -0.05) is 6.92 Å². The maximum atomic E-state index is 11.7. The molecule has 0 aromatic heterocycles. The molecule has 17 heavy (non-hydrogen) atoms. The second-order valence-corrected chi connectivity index (χ2v) is 3.58. The van der Waals surface area contributed by atoms with Gasteiger partial charge in [0.1, 0.15) is 17.6 Å². The number of hydrogen-bond acceptors (Lipinski definition) is 4. The normalized spacial score (nSPS) is 12.0. The van der Waals surface area contributed by atoms with Gasteiger partial charge in [0, 0.05) is 19.6 Å². The number of Topliss-reactive ketones (excluding diaryl/α,β-unsaturated/α-hetero) is 1. The van der Waals surface area contributed by atoms with Gasteiger partial charge in [-0.15, -0.1) is 0 Å². The van der Waals surface area contributed by atoms with E-state index in [-0.39, 0.29) is 5.78 Å². The van der Waals surface area contributed by atoms with Gasteiger partial charge in [0.15, 0.2) is 5.78 Å². The van der Waals surface area contributed by atoms with Crippen molar-refractivity contribution in [3.8, 4) is 11.5 Å². The van der Waals surface area contributed by atoms with E-state index in [1.54, 1.807) is 32.4 Å². The van der Waals surface area contributed by atoms with Crippen molar-refractivity contribution in [2.24, 2.45) is 0 Å². The van der Waals surface area contributed by atoms with E-state index in [1.165, 1.54) is 7.11 Å². The SMILES string of the molecule is CCC(=O)C(OC)c1cc(OC)cc(OC)c1. The molecule has 0 aliphatic heterocycles. The van der Waals surface area contributed by atoms with E-state index in [4.69, 9.17) is 14.2 Å². The van der Waals surface area contributed by atoms with Crippen molar-refractivity contribution in [1.29, 1.82) is 0 Å². The Morgan fingerprint density at radius 2 is 1.65 bits per heavy atom. The minimum atomic E-state index is -0.566. The lowest BCUT2D eigenvalue weighted by Gasteiger charge is -2.15. The number of ketones is 1. The number of carbonyl (C=O) groups is 1. The summed E-state index contributed by atoms with van der Waals surface area (Å²) in [5, 5.41) is 0. The Bertz CT molecular complexity index is 365. The molecule has 94 valence electrons. The highest BCUT2D eigenvalue weighted by molar-refractivity contribution is 5.84. The lowest BCUT2D eigenvalue weighted by atomic mass is 10.0. The highest BCUT2D eigenvalue weighted by Gasteiger charge is 2.19. The van der Waals surface area contributed by atoms with Gasteiger partial charge in [-0.2, -0.15) is 0 Å². The van der Waals surface area contributed by atoms with Crippen molar-refractivity contribution in [3.05, 3.63) is 23.8 Å². The van der Waals surface area contributed by atoms with E-state index >= 15 is 0 Å². The van der Waals surface area contributed by atoms with E-state index in [0.29, 0.717) is 17.9 Å². The van der Waals surface area contributed by atoms with Gasteiger partial charge in [-0.25, -0.2) is 0 Å². The molecule has 1 aromatic rings. The number of hydrogen-bond donors (Lipinski definition) is 0. The Hall–Kier alpha value is -1.55. The molecule has 0 bridgehead atoms. The highest BCUT2D eigenvalue weighted by atomic mass is 16.5. The minimum absolute atomic E-state index is 0.0304. The smallest absolute Gasteiger partial charge is 0.165 e. The average Bonchev–Trinajstić information content (AvgIpc) is 2.38. The van der Waals surface area contributed by atoms with Gasteiger partial charge in [-0.05, 0) is 17.7 Å². The quantitative estimate of drug-likeness (QED) is 0.763. The van der Waals surface area contributed by atoms with Gasteiger partial charge in [0.25, 0.3) is 0 Å². The van der Waals surface area contributed by atoms with Crippen LogP contribution in [0.2, 0.25) is 0 Å². The first-order chi connectivity index (χ1) is 8.15. The molecule has 1 unspecified atom stereocenters. The van der Waals surface area contributed by atoms with Crippen LogP contribution in [0.15, 0.2) is 18.2 Å². The summed E-state index contributed by atoms with van der Waals surface area (Å²) in [6.45, 7) is 1.81. The first-order valence-corrected chi connectivity index (χ1v) is 5.44. The number of ether oxygens (including phenoxy) is 3. The summed E-state index contributed by atoms with van der Waals surface area (Å²) in [7, 11) is 4.66. The van der Waals surface area contributed by atoms with Crippen LogP contribution in [0.4, 0.5) is 0 Å². The summed E-state index contributed by atoms with van der Waals surface area (Å²) in [6.07, 6.45) is -0.137. The van der Waals surface area contributed by atoms with Crippen LogP contribution < -0.4 is 9.47 Å². The van der Waals surface area contributed by atoms with Crippen LogP contribution in [-0.2, 0) is 9.53 Å².